The van der Waals surface area contributed by atoms with E-state index in [-0.39, 0.29) is 0 Å². The van der Waals surface area contributed by atoms with Crippen LogP contribution in [0.15, 0.2) is 24.3 Å². The fourth-order valence-electron chi connectivity index (χ4n) is 2.58. The zero-order valence-corrected chi connectivity index (χ0v) is 13.5. The molecule has 2 rings (SSSR count). The third-order valence-corrected chi connectivity index (χ3v) is 3.72. The number of aromatic carboxylic acids is 4. The Bertz CT molecular complexity index is 1070. The van der Waals surface area contributed by atoms with Crippen molar-refractivity contribution in [2.24, 2.45) is 0 Å². The van der Waals surface area contributed by atoms with Crippen LogP contribution in [0, 0.1) is 0 Å². The summed E-state index contributed by atoms with van der Waals surface area (Å²) in [4.78, 5) is 58.5. The number of ketones is 1. The topological polar surface area (TPSA) is 207 Å². The maximum atomic E-state index is 12.8. The van der Waals surface area contributed by atoms with Crippen molar-refractivity contribution < 1.29 is 54.6 Å². The van der Waals surface area contributed by atoms with Gasteiger partial charge in [0.15, 0.2) is 17.3 Å². The van der Waals surface area contributed by atoms with E-state index in [1.165, 1.54) is 12.1 Å². The van der Waals surface area contributed by atoms with Crippen LogP contribution in [0.4, 0.5) is 0 Å². The van der Waals surface area contributed by atoms with Crippen LogP contribution in [0.1, 0.15) is 57.4 Å². The number of phenols is 2. The van der Waals surface area contributed by atoms with Crippen molar-refractivity contribution >= 4 is 29.7 Å². The number of carbonyl (C=O) groups excluding carboxylic acids is 1. The first-order valence-corrected chi connectivity index (χ1v) is 7.19. The van der Waals surface area contributed by atoms with Gasteiger partial charge in [0.1, 0.15) is 5.56 Å². The Morgan fingerprint density at radius 2 is 0.929 bits per heavy atom. The van der Waals surface area contributed by atoms with Crippen molar-refractivity contribution in [2.75, 3.05) is 0 Å². The summed E-state index contributed by atoms with van der Waals surface area (Å²) in [5.74, 6) is -12.3. The summed E-state index contributed by atoms with van der Waals surface area (Å²) in [6, 6.07) is 4.45. The molecule has 0 spiro atoms. The molecular weight excluding hydrogens is 380 g/mol. The van der Waals surface area contributed by atoms with Crippen LogP contribution < -0.4 is 0 Å². The standard InChI is InChI=1S/C17H10O11/c18-11(5-3-1-2-4-6(5)14(21)22)9-7(15(23)24)8(16(25)26)10(17(27)28)13(20)12(9)19/h1-4,19-20H,(H,21,22)(H,23,24)(H,25,26)(H,27,28). The van der Waals surface area contributed by atoms with E-state index < -0.39 is 74.5 Å². The quantitative estimate of drug-likeness (QED) is 0.304. The zero-order valence-electron chi connectivity index (χ0n) is 13.5. The average molecular weight is 390 g/mol. The zero-order chi connectivity index (χ0) is 21.3. The number of carbonyl (C=O) groups is 5. The van der Waals surface area contributed by atoms with Crippen molar-refractivity contribution in [3.63, 3.8) is 0 Å². The minimum atomic E-state index is -2.11. The maximum absolute atomic E-state index is 12.8. The number of carboxylic acids is 4. The second-order valence-corrected chi connectivity index (χ2v) is 5.29. The van der Waals surface area contributed by atoms with Crippen LogP contribution in [0.3, 0.4) is 0 Å². The smallest absolute Gasteiger partial charge is 0.340 e. The Morgan fingerprint density at radius 3 is 1.36 bits per heavy atom. The van der Waals surface area contributed by atoms with Crippen LogP contribution in [0.25, 0.3) is 0 Å². The first-order chi connectivity index (χ1) is 13.0. The summed E-state index contributed by atoms with van der Waals surface area (Å²) in [5, 5.41) is 56.9. The van der Waals surface area contributed by atoms with Gasteiger partial charge in [0, 0.05) is 5.56 Å². The van der Waals surface area contributed by atoms with Crippen molar-refractivity contribution in [3.05, 3.63) is 57.6 Å². The summed E-state index contributed by atoms with van der Waals surface area (Å²) in [7, 11) is 0. The van der Waals surface area contributed by atoms with E-state index in [0.29, 0.717) is 0 Å². The van der Waals surface area contributed by atoms with E-state index in [1.807, 2.05) is 0 Å². The molecule has 0 amide bonds. The third-order valence-electron chi connectivity index (χ3n) is 3.72. The Balaban J connectivity index is 3.03. The molecule has 11 heteroatoms. The molecule has 0 saturated heterocycles. The number of aromatic hydroxyl groups is 2. The van der Waals surface area contributed by atoms with Crippen LogP contribution in [-0.4, -0.2) is 60.3 Å². The molecule has 6 N–H and O–H groups in total. The lowest BCUT2D eigenvalue weighted by molar-refractivity contribution is 0.0628. The Kier molecular flexibility index (Phi) is 5.03. The van der Waals surface area contributed by atoms with Gasteiger partial charge in [-0.2, -0.15) is 0 Å². The number of rotatable bonds is 6. The van der Waals surface area contributed by atoms with Gasteiger partial charge in [-0.05, 0) is 6.07 Å². The lowest BCUT2D eigenvalue weighted by Gasteiger charge is -2.16. The van der Waals surface area contributed by atoms with E-state index >= 15 is 0 Å². The van der Waals surface area contributed by atoms with Crippen molar-refractivity contribution in [3.8, 4) is 11.5 Å². The van der Waals surface area contributed by atoms with Gasteiger partial charge in [0.2, 0.25) is 0 Å². The predicted molar refractivity (Wildman–Crippen MR) is 87.5 cm³/mol. The van der Waals surface area contributed by atoms with E-state index in [2.05, 4.69) is 0 Å². The second-order valence-electron chi connectivity index (χ2n) is 5.29. The van der Waals surface area contributed by atoms with Gasteiger partial charge in [-0.25, -0.2) is 19.2 Å². The molecule has 0 radical (unpaired) electrons. The maximum Gasteiger partial charge on any atom is 0.340 e. The second kappa shape index (κ2) is 7.07. The Morgan fingerprint density at radius 1 is 0.536 bits per heavy atom. The molecule has 28 heavy (non-hydrogen) atoms. The van der Waals surface area contributed by atoms with E-state index in [1.54, 1.807) is 0 Å². The van der Waals surface area contributed by atoms with E-state index in [9.17, 15) is 49.5 Å². The first kappa shape index (κ1) is 19.9. The first-order valence-electron chi connectivity index (χ1n) is 7.19. The van der Waals surface area contributed by atoms with Gasteiger partial charge in [0.25, 0.3) is 0 Å². The van der Waals surface area contributed by atoms with Gasteiger partial charge in [0.05, 0.1) is 22.3 Å². The molecule has 0 bridgehead atoms. The van der Waals surface area contributed by atoms with Gasteiger partial charge in [-0.15, -0.1) is 0 Å². The van der Waals surface area contributed by atoms with Gasteiger partial charge in [-0.3, -0.25) is 4.79 Å². The predicted octanol–water partition coefficient (Wildman–Crippen LogP) is 1.12. The third kappa shape index (κ3) is 3.07. The lowest BCUT2D eigenvalue weighted by Crippen LogP contribution is -2.21. The number of carboxylic acid groups (broad SMARTS) is 4. The van der Waals surface area contributed by atoms with Crippen molar-refractivity contribution in [2.45, 2.75) is 0 Å². The molecule has 0 aliphatic heterocycles. The monoisotopic (exact) mass is 390 g/mol. The molecule has 0 saturated carbocycles. The number of phenolic OH excluding ortho intramolecular Hbond substituents is 1. The summed E-state index contributed by atoms with van der Waals surface area (Å²) >= 11 is 0. The van der Waals surface area contributed by atoms with Gasteiger partial charge >= 0.3 is 23.9 Å². The molecule has 0 aliphatic carbocycles. The Labute approximate surface area is 154 Å². The number of hydrogen-bond acceptors (Lipinski definition) is 7. The molecule has 11 nitrogen and oxygen atoms in total. The normalized spacial score (nSPS) is 10.3. The summed E-state index contributed by atoms with van der Waals surface area (Å²) in [6.07, 6.45) is 0. The highest BCUT2D eigenvalue weighted by Crippen LogP contribution is 2.40. The molecule has 2 aromatic carbocycles. The number of benzene rings is 2. The molecule has 0 atom stereocenters. The highest BCUT2D eigenvalue weighted by molar-refractivity contribution is 6.23. The molecule has 0 aliphatic rings. The van der Waals surface area contributed by atoms with Crippen LogP contribution >= 0.6 is 0 Å². The van der Waals surface area contributed by atoms with Gasteiger partial charge < -0.3 is 30.6 Å². The number of hydrogen-bond donors (Lipinski definition) is 6. The van der Waals surface area contributed by atoms with Crippen LogP contribution in [0.5, 0.6) is 11.5 Å². The minimum Gasteiger partial charge on any atom is -0.504 e. The van der Waals surface area contributed by atoms with Crippen molar-refractivity contribution in [1.29, 1.82) is 0 Å². The fraction of sp³-hybridized carbons (Fsp3) is 0. The molecule has 0 aromatic heterocycles. The van der Waals surface area contributed by atoms with Crippen LogP contribution in [-0.2, 0) is 0 Å². The minimum absolute atomic E-state index is 0.595. The fourth-order valence-corrected chi connectivity index (χ4v) is 2.58. The Hall–Kier alpha value is -4.41. The summed E-state index contributed by atoms with van der Waals surface area (Å²) in [6.45, 7) is 0. The van der Waals surface area contributed by atoms with Gasteiger partial charge in [-0.1, -0.05) is 18.2 Å². The molecule has 0 unspecified atom stereocenters. The summed E-state index contributed by atoms with van der Waals surface area (Å²) < 4.78 is 0. The highest BCUT2D eigenvalue weighted by atomic mass is 16.4. The molecule has 0 heterocycles. The van der Waals surface area contributed by atoms with Crippen LogP contribution in [0.2, 0.25) is 0 Å². The molecule has 144 valence electrons. The SMILES string of the molecule is O=C(O)c1ccccc1C(=O)c1c(O)c(O)c(C(=O)O)c(C(=O)O)c1C(=O)O. The summed E-state index contributed by atoms with van der Waals surface area (Å²) in [5.41, 5.74) is -6.78. The molecule has 0 fully saturated rings. The highest BCUT2D eigenvalue weighted by Gasteiger charge is 2.37. The molecule has 2 aromatic rings. The largest absolute Gasteiger partial charge is 0.504 e. The molecular formula is C17H10O11. The van der Waals surface area contributed by atoms with E-state index in [0.717, 1.165) is 12.1 Å². The lowest BCUT2D eigenvalue weighted by atomic mass is 9.88. The van der Waals surface area contributed by atoms with Crippen molar-refractivity contribution in [1.82, 2.24) is 0 Å². The average Bonchev–Trinajstić information content (AvgIpc) is 2.61. The van der Waals surface area contributed by atoms with E-state index in [4.69, 9.17) is 5.11 Å².